The third-order valence-electron chi connectivity index (χ3n) is 1.10. The highest BCUT2D eigenvalue weighted by Crippen LogP contribution is 1.82. The molecule has 1 aromatic rings. The van der Waals surface area contributed by atoms with Gasteiger partial charge in [-0.05, 0) is 0 Å². The molecule has 6 heteroatoms. The zero-order valence-electron chi connectivity index (χ0n) is 6.32. The molecule has 0 saturated heterocycles. The average Bonchev–Trinajstić information content (AvgIpc) is 2.57. The number of nitrogens with zero attached hydrogens (tertiary/aromatic N) is 2. The number of aromatic nitrogens is 2. The molecule has 0 spiro atoms. The van der Waals surface area contributed by atoms with Gasteiger partial charge in [0.1, 0.15) is 0 Å². The maximum absolute atomic E-state index is 10.6. The summed E-state index contributed by atoms with van der Waals surface area (Å²) >= 11 is 0. The van der Waals surface area contributed by atoms with Gasteiger partial charge in [0.2, 0.25) is 0 Å². The number of carbonyl (C=O) groups excluding carboxylic acids is 1. The molecule has 1 heterocycles. The van der Waals surface area contributed by atoms with E-state index in [0.717, 1.165) is 0 Å². The van der Waals surface area contributed by atoms with E-state index in [9.17, 15) is 4.79 Å². The van der Waals surface area contributed by atoms with E-state index in [0.29, 0.717) is 5.69 Å². The number of hydrazone groups is 1. The van der Waals surface area contributed by atoms with Crippen LogP contribution in [0.1, 0.15) is 5.69 Å². The van der Waals surface area contributed by atoms with Crippen LogP contribution in [0.5, 0.6) is 0 Å². The molecule has 64 valence electrons. The van der Waals surface area contributed by atoms with Gasteiger partial charge in [-0.2, -0.15) is 5.10 Å². The van der Waals surface area contributed by atoms with Crippen LogP contribution in [0.15, 0.2) is 17.6 Å². The highest BCUT2D eigenvalue weighted by Gasteiger charge is 1.91. The summed E-state index contributed by atoms with van der Waals surface area (Å²) in [5.74, 6) is -0.328. The van der Waals surface area contributed by atoms with Gasteiger partial charge in [-0.3, -0.25) is 4.79 Å². The minimum Gasteiger partial charge on any atom is -0.344 e. The van der Waals surface area contributed by atoms with E-state index in [1.165, 1.54) is 12.5 Å². The van der Waals surface area contributed by atoms with Crippen molar-refractivity contribution in [3.8, 4) is 0 Å². The summed E-state index contributed by atoms with van der Waals surface area (Å²) in [6.07, 6.45) is 4.55. The number of imidazole rings is 1. The Kier molecular flexibility index (Phi) is 2.97. The zero-order valence-corrected chi connectivity index (χ0v) is 6.32. The van der Waals surface area contributed by atoms with Crippen LogP contribution in [-0.2, 0) is 4.79 Å². The van der Waals surface area contributed by atoms with Crippen LogP contribution in [-0.4, -0.2) is 28.6 Å². The van der Waals surface area contributed by atoms with Crippen molar-refractivity contribution < 1.29 is 4.79 Å². The number of H-pyrrole nitrogens is 1. The van der Waals surface area contributed by atoms with Gasteiger partial charge in [0.25, 0.3) is 5.91 Å². The maximum Gasteiger partial charge on any atom is 0.253 e. The normalized spacial score (nSPS) is 10.4. The number of carbonyl (C=O) groups is 1. The molecule has 0 aliphatic heterocycles. The Hall–Kier alpha value is -1.69. The highest BCUT2D eigenvalue weighted by molar-refractivity contribution is 5.81. The van der Waals surface area contributed by atoms with Crippen molar-refractivity contribution in [1.29, 1.82) is 0 Å². The number of hydrogen-bond donors (Lipinski definition) is 3. The van der Waals surface area contributed by atoms with Crippen molar-refractivity contribution in [2.45, 2.75) is 0 Å². The molecule has 0 aliphatic carbocycles. The van der Waals surface area contributed by atoms with Crippen molar-refractivity contribution in [3.05, 3.63) is 18.2 Å². The van der Waals surface area contributed by atoms with E-state index < -0.39 is 0 Å². The van der Waals surface area contributed by atoms with Crippen molar-refractivity contribution in [2.24, 2.45) is 10.8 Å². The summed E-state index contributed by atoms with van der Waals surface area (Å²) in [5.41, 5.74) is 7.97. The predicted molar refractivity (Wildman–Crippen MR) is 43.4 cm³/mol. The number of nitrogens with one attached hydrogen (secondary N) is 2. The molecule has 0 saturated carbocycles. The molecular weight excluding hydrogens is 158 g/mol. The molecular formula is C6H9N5O. The lowest BCUT2D eigenvalue weighted by atomic mass is 10.5. The Labute approximate surface area is 68.9 Å². The fourth-order valence-corrected chi connectivity index (χ4v) is 0.557. The van der Waals surface area contributed by atoms with Gasteiger partial charge in [-0.1, -0.05) is 0 Å². The van der Waals surface area contributed by atoms with Gasteiger partial charge in [0, 0.05) is 0 Å². The monoisotopic (exact) mass is 167 g/mol. The van der Waals surface area contributed by atoms with E-state index in [-0.39, 0.29) is 12.5 Å². The van der Waals surface area contributed by atoms with Crippen molar-refractivity contribution >= 4 is 12.1 Å². The number of amides is 1. The maximum atomic E-state index is 10.6. The van der Waals surface area contributed by atoms with E-state index in [4.69, 9.17) is 5.73 Å². The molecule has 0 atom stereocenters. The molecule has 1 amide bonds. The van der Waals surface area contributed by atoms with Crippen LogP contribution in [0.3, 0.4) is 0 Å². The average molecular weight is 167 g/mol. The molecule has 0 bridgehead atoms. The Balaban J connectivity index is 2.37. The summed E-state index contributed by atoms with van der Waals surface area (Å²) in [4.78, 5) is 17.1. The van der Waals surface area contributed by atoms with E-state index in [1.807, 2.05) is 0 Å². The summed E-state index contributed by atoms with van der Waals surface area (Å²) in [6, 6.07) is 0. The van der Waals surface area contributed by atoms with E-state index in [1.54, 1.807) is 6.20 Å². The zero-order chi connectivity index (χ0) is 8.81. The van der Waals surface area contributed by atoms with Crippen molar-refractivity contribution in [3.63, 3.8) is 0 Å². The topological polar surface area (TPSA) is 96.2 Å². The first-order chi connectivity index (χ1) is 5.83. The third kappa shape index (κ3) is 2.51. The van der Waals surface area contributed by atoms with Crippen LogP contribution in [0, 0.1) is 0 Å². The van der Waals surface area contributed by atoms with Gasteiger partial charge in [-0.25, -0.2) is 10.4 Å². The van der Waals surface area contributed by atoms with E-state index in [2.05, 4.69) is 20.5 Å². The molecule has 0 radical (unpaired) electrons. The first kappa shape index (κ1) is 8.41. The molecule has 0 fully saturated rings. The van der Waals surface area contributed by atoms with Crippen molar-refractivity contribution in [1.82, 2.24) is 15.4 Å². The number of hydrogen-bond acceptors (Lipinski definition) is 4. The Morgan fingerprint density at radius 3 is 3.33 bits per heavy atom. The molecule has 0 aliphatic rings. The standard InChI is InChI=1S/C6H9N5O/c7-1-6(12)11-10-3-5-2-8-4-9-5/h2-4H,1,7H2,(H,8,9)(H,11,12). The number of nitrogens with two attached hydrogens (primary N) is 1. The van der Waals surface area contributed by atoms with Gasteiger partial charge in [0.05, 0.1) is 31.0 Å². The van der Waals surface area contributed by atoms with Gasteiger partial charge < -0.3 is 10.7 Å². The minimum absolute atomic E-state index is 0.0691. The van der Waals surface area contributed by atoms with Gasteiger partial charge in [0.15, 0.2) is 0 Å². The summed E-state index contributed by atoms with van der Waals surface area (Å²) in [6.45, 7) is -0.0691. The summed E-state index contributed by atoms with van der Waals surface area (Å²) in [5, 5.41) is 3.61. The van der Waals surface area contributed by atoms with Gasteiger partial charge >= 0.3 is 0 Å². The molecule has 1 aromatic heterocycles. The Morgan fingerprint density at radius 2 is 2.75 bits per heavy atom. The fourth-order valence-electron chi connectivity index (χ4n) is 0.557. The molecule has 12 heavy (non-hydrogen) atoms. The lowest BCUT2D eigenvalue weighted by Gasteiger charge is -1.91. The van der Waals surface area contributed by atoms with Crippen LogP contribution in [0.4, 0.5) is 0 Å². The molecule has 4 N–H and O–H groups in total. The predicted octanol–water partition coefficient (Wildman–Crippen LogP) is -1.18. The van der Waals surface area contributed by atoms with Crippen LogP contribution in [0.2, 0.25) is 0 Å². The summed E-state index contributed by atoms with van der Waals surface area (Å²) in [7, 11) is 0. The third-order valence-corrected chi connectivity index (χ3v) is 1.10. The number of aromatic amines is 1. The molecule has 1 rings (SSSR count). The quantitative estimate of drug-likeness (QED) is 0.390. The molecule has 0 aromatic carbocycles. The van der Waals surface area contributed by atoms with Crippen LogP contribution in [0.25, 0.3) is 0 Å². The van der Waals surface area contributed by atoms with E-state index >= 15 is 0 Å². The van der Waals surface area contributed by atoms with Crippen LogP contribution >= 0.6 is 0 Å². The van der Waals surface area contributed by atoms with Gasteiger partial charge in [-0.15, -0.1) is 0 Å². The van der Waals surface area contributed by atoms with Crippen LogP contribution < -0.4 is 11.2 Å². The lowest BCUT2D eigenvalue weighted by Crippen LogP contribution is -2.26. The first-order valence-corrected chi connectivity index (χ1v) is 3.33. The first-order valence-electron chi connectivity index (χ1n) is 3.33. The van der Waals surface area contributed by atoms with Crippen molar-refractivity contribution in [2.75, 3.05) is 6.54 Å². The molecule has 6 nitrogen and oxygen atoms in total. The largest absolute Gasteiger partial charge is 0.344 e. The molecule has 0 unspecified atom stereocenters. The summed E-state index contributed by atoms with van der Waals surface area (Å²) < 4.78 is 0. The fraction of sp³-hybridized carbons (Fsp3) is 0.167. The Morgan fingerprint density at radius 1 is 1.92 bits per heavy atom. The smallest absolute Gasteiger partial charge is 0.253 e. The SMILES string of the molecule is NCC(=O)NN=Cc1cnc[nH]1. The number of rotatable bonds is 3. The second kappa shape index (κ2) is 4.24. The Bertz CT molecular complexity index is 265. The highest BCUT2D eigenvalue weighted by atomic mass is 16.2. The lowest BCUT2D eigenvalue weighted by molar-refractivity contribution is -0.119. The minimum atomic E-state index is -0.328. The second-order valence-corrected chi connectivity index (χ2v) is 2.00. The second-order valence-electron chi connectivity index (χ2n) is 2.00.